The second-order valence-corrected chi connectivity index (χ2v) is 3.60. The molecule has 0 heterocycles. The Balaban J connectivity index is 3.09. The summed E-state index contributed by atoms with van der Waals surface area (Å²) in [4.78, 5) is 0. The minimum absolute atomic E-state index is 0.298. The summed E-state index contributed by atoms with van der Waals surface area (Å²) in [5.41, 5.74) is 9.41. The Hall–Kier alpha value is -1.28. The Morgan fingerprint density at radius 3 is 2.50 bits per heavy atom. The minimum atomic E-state index is 0.298. The van der Waals surface area contributed by atoms with E-state index in [2.05, 4.69) is 6.58 Å². The molecule has 14 heavy (non-hydrogen) atoms. The fourth-order valence-corrected chi connectivity index (χ4v) is 1.39. The van der Waals surface area contributed by atoms with Gasteiger partial charge in [-0.3, -0.25) is 0 Å². The van der Waals surface area contributed by atoms with Crippen molar-refractivity contribution in [3.63, 3.8) is 0 Å². The number of hydrogen-bond donors (Lipinski definition) is 2. The summed E-state index contributed by atoms with van der Waals surface area (Å²) in [6, 6.07) is 3.73. The third-order valence-corrected chi connectivity index (χ3v) is 2.44. The van der Waals surface area contributed by atoms with Gasteiger partial charge in [-0.25, -0.2) is 0 Å². The molecule has 0 saturated carbocycles. The summed E-state index contributed by atoms with van der Waals surface area (Å²) in [6.45, 7) is 8.47. The third kappa shape index (κ3) is 2.15. The molecule has 76 valence electrons. The smallest absolute Gasteiger partial charge is 0.123 e. The number of rotatable bonds is 3. The molecular weight excluding hydrogens is 174 g/mol. The van der Waals surface area contributed by atoms with Gasteiger partial charge in [0, 0.05) is 5.56 Å². The van der Waals surface area contributed by atoms with E-state index in [-0.39, 0.29) is 0 Å². The monoisotopic (exact) mass is 191 g/mol. The van der Waals surface area contributed by atoms with Crippen LogP contribution in [0.2, 0.25) is 0 Å². The SMILES string of the molecule is C=C(CCN)c1cc(C)c(C)cc1O. The van der Waals surface area contributed by atoms with Gasteiger partial charge in [0.2, 0.25) is 0 Å². The lowest BCUT2D eigenvalue weighted by Crippen LogP contribution is -1.99. The molecule has 0 spiro atoms. The zero-order valence-corrected chi connectivity index (χ0v) is 8.80. The molecule has 0 aliphatic heterocycles. The molecule has 0 amide bonds. The number of nitrogens with two attached hydrogens (primary N) is 1. The fourth-order valence-electron chi connectivity index (χ4n) is 1.39. The normalized spacial score (nSPS) is 10.2. The van der Waals surface area contributed by atoms with Crippen molar-refractivity contribution >= 4 is 5.57 Å². The second-order valence-electron chi connectivity index (χ2n) is 3.60. The van der Waals surface area contributed by atoms with Crippen molar-refractivity contribution in [2.75, 3.05) is 6.54 Å². The predicted octanol–water partition coefficient (Wildman–Crippen LogP) is 2.37. The van der Waals surface area contributed by atoms with Gasteiger partial charge in [0.1, 0.15) is 5.75 Å². The van der Waals surface area contributed by atoms with E-state index in [0.29, 0.717) is 12.3 Å². The second kappa shape index (κ2) is 4.29. The van der Waals surface area contributed by atoms with Crippen molar-refractivity contribution in [1.82, 2.24) is 0 Å². The molecule has 0 radical (unpaired) electrons. The summed E-state index contributed by atoms with van der Waals surface area (Å²) >= 11 is 0. The number of phenols is 1. The van der Waals surface area contributed by atoms with Crippen LogP contribution in [0.3, 0.4) is 0 Å². The summed E-state index contributed by atoms with van der Waals surface area (Å²) in [6.07, 6.45) is 0.718. The number of benzene rings is 1. The van der Waals surface area contributed by atoms with Gasteiger partial charge in [-0.05, 0) is 55.6 Å². The van der Waals surface area contributed by atoms with E-state index in [1.807, 2.05) is 19.9 Å². The zero-order valence-electron chi connectivity index (χ0n) is 8.80. The van der Waals surface area contributed by atoms with Crippen LogP contribution in [-0.4, -0.2) is 11.7 Å². The van der Waals surface area contributed by atoms with E-state index in [1.165, 1.54) is 0 Å². The van der Waals surface area contributed by atoms with Gasteiger partial charge in [0.05, 0.1) is 0 Å². The molecule has 0 atom stereocenters. The van der Waals surface area contributed by atoms with E-state index in [9.17, 15) is 5.11 Å². The van der Waals surface area contributed by atoms with Crippen LogP contribution in [0, 0.1) is 13.8 Å². The highest BCUT2D eigenvalue weighted by Crippen LogP contribution is 2.28. The average Bonchev–Trinajstić information content (AvgIpc) is 2.11. The molecule has 1 aromatic rings. The van der Waals surface area contributed by atoms with Crippen LogP contribution in [0.5, 0.6) is 5.75 Å². The number of aryl methyl sites for hydroxylation is 2. The maximum absolute atomic E-state index is 9.71. The van der Waals surface area contributed by atoms with Gasteiger partial charge in [-0.15, -0.1) is 0 Å². The Bertz CT molecular complexity index is 356. The first-order chi connectivity index (χ1) is 6.56. The van der Waals surface area contributed by atoms with Gasteiger partial charge < -0.3 is 10.8 Å². The van der Waals surface area contributed by atoms with Gasteiger partial charge in [0.15, 0.2) is 0 Å². The number of hydrogen-bond acceptors (Lipinski definition) is 2. The fraction of sp³-hybridized carbons (Fsp3) is 0.333. The van der Waals surface area contributed by atoms with E-state index in [0.717, 1.165) is 28.7 Å². The van der Waals surface area contributed by atoms with Crippen LogP contribution in [-0.2, 0) is 0 Å². The van der Waals surface area contributed by atoms with Crippen molar-refractivity contribution < 1.29 is 5.11 Å². The van der Waals surface area contributed by atoms with Crippen LogP contribution in [0.25, 0.3) is 5.57 Å². The highest BCUT2D eigenvalue weighted by atomic mass is 16.3. The van der Waals surface area contributed by atoms with Crippen molar-refractivity contribution in [3.8, 4) is 5.75 Å². The molecule has 0 unspecified atom stereocenters. The molecule has 0 bridgehead atoms. The summed E-state index contributed by atoms with van der Waals surface area (Å²) in [7, 11) is 0. The highest BCUT2D eigenvalue weighted by Gasteiger charge is 2.06. The molecule has 0 aromatic heterocycles. The van der Waals surface area contributed by atoms with E-state index in [1.54, 1.807) is 6.07 Å². The highest BCUT2D eigenvalue weighted by molar-refractivity contribution is 5.69. The Labute approximate surface area is 85.1 Å². The van der Waals surface area contributed by atoms with Gasteiger partial charge in [0.25, 0.3) is 0 Å². The zero-order chi connectivity index (χ0) is 10.7. The first-order valence-electron chi connectivity index (χ1n) is 4.74. The third-order valence-electron chi connectivity index (χ3n) is 2.44. The molecule has 0 aliphatic rings. The number of aromatic hydroxyl groups is 1. The first kappa shape index (κ1) is 10.8. The van der Waals surface area contributed by atoms with E-state index >= 15 is 0 Å². The molecular formula is C12H17NO. The molecule has 3 N–H and O–H groups in total. The van der Waals surface area contributed by atoms with Crippen molar-refractivity contribution in [3.05, 3.63) is 35.4 Å². The lowest BCUT2D eigenvalue weighted by molar-refractivity contribution is 0.472. The molecule has 1 aromatic carbocycles. The van der Waals surface area contributed by atoms with E-state index in [4.69, 9.17) is 5.73 Å². The predicted molar refractivity (Wildman–Crippen MR) is 60.3 cm³/mol. The molecule has 0 aliphatic carbocycles. The average molecular weight is 191 g/mol. The summed E-state index contributed by atoms with van der Waals surface area (Å²) < 4.78 is 0. The molecule has 2 nitrogen and oxygen atoms in total. The Morgan fingerprint density at radius 1 is 1.36 bits per heavy atom. The Morgan fingerprint density at radius 2 is 1.93 bits per heavy atom. The van der Waals surface area contributed by atoms with E-state index < -0.39 is 0 Å². The van der Waals surface area contributed by atoms with Crippen LogP contribution in [0.4, 0.5) is 0 Å². The lowest BCUT2D eigenvalue weighted by Gasteiger charge is -2.10. The van der Waals surface area contributed by atoms with Crippen LogP contribution >= 0.6 is 0 Å². The first-order valence-corrected chi connectivity index (χ1v) is 4.74. The molecule has 0 saturated heterocycles. The van der Waals surface area contributed by atoms with Crippen molar-refractivity contribution in [2.24, 2.45) is 5.73 Å². The lowest BCUT2D eigenvalue weighted by atomic mass is 9.98. The maximum Gasteiger partial charge on any atom is 0.123 e. The van der Waals surface area contributed by atoms with Gasteiger partial charge in [-0.2, -0.15) is 0 Å². The molecule has 0 fully saturated rings. The minimum Gasteiger partial charge on any atom is -0.507 e. The quantitative estimate of drug-likeness (QED) is 0.770. The standard InChI is InChI=1S/C12H17NO/c1-8(4-5-13)11-6-9(2)10(3)7-12(11)14/h6-7,14H,1,4-5,13H2,2-3H3. The summed E-state index contributed by atoms with van der Waals surface area (Å²) in [5.74, 6) is 0.298. The maximum atomic E-state index is 9.71. The summed E-state index contributed by atoms with van der Waals surface area (Å²) in [5, 5.41) is 9.71. The van der Waals surface area contributed by atoms with Crippen molar-refractivity contribution in [1.29, 1.82) is 0 Å². The van der Waals surface area contributed by atoms with Gasteiger partial charge in [-0.1, -0.05) is 6.58 Å². The molecule has 1 rings (SSSR count). The Kier molecular flexibility index (Phi) is 3.31. The van der Waals surface area contributed by atoms with Crippen LogP contribution in [0.15, 0.2) is 18.7 Å². The topological polar surface area (TPSA) is 46.2 Å². The van der Waals surface area contributed by atoms with Gasteiger partial charge >= 0.3 is 0 Å². The van der Waals surface area contributed by atoms with Crippen LogP contribution in [0.1, 0.15) is 23.1 Å². The largest absolute Gasteiger partial charge is 0.507 e. The van der Waals surface area contributed by atoms with Crippen LogP contribution < -0.4 is 5.73 Å². The van der Waals surface area contributed by atoms with Crippen molar-refractivity contribution in [2.45, 2.75) is 20.3 Å². The molecule has 2 heteroatoms. The number of phenolic OH excluding ortho intramolecular Hbond substituents is 1.